The Labute approximate surface area is 351 Å². The van der Waals surface area contributed by atoms with E-state index in [4.69, 9.17) is 42.6 Å². The largest absolute Gasteiger partial charge is 0.394 e. The van der Waals surface area contributed by atoms with Crippen LogP contribution in [0, 0.1) is 0 Å². The number of ether oxygens (including phenoxy) is 9. The molecule has 5 aliphatic heterocycles. The zero-order valence-electron chi connectivity index (χ0n) is 33.2. The van der Waals surface area contributed by atoms with Gasteiger partial charge in [-0.25, -0.2) is 0 Å². The van der Waals surface area contributed by atoms with Crippen molar-refractivity contribution in [2.75, 3.05) is 33.0 Å². The molecule has 0 radical (unpaired) electrons. The number of aliphatic hydroxyl groups is 15. The maximum Gasteiger partial charge on any atom is 0.217 e. The summed E-state index contributed by atoms with van der Waals surface area (Å²) in [6.07, 6.45) is -42.0. The van der Waals surface area contributed by atoms with Crippen LogP contribution in [0.3, 0.4) is 0 Å². The molecule has 62 heavy (non-hydrogen) atoms. The highest BCUT2D eigenvalue weighted by Crippen LogP contribution is 2.34. The molecule has 28 heteroatoms. The Bertz CT molecular complexity index is 1440. The molecule has 1 unspecified atom stereocenters. The zero-order valence-corrected chi connectivity index (χ0v) is 33.2. The van der Waals surface area contributed by atoms with Gasteiger partial charge in [0.2, 0.25) is 11.8 Å². The van der Waals surface area contributed by atoms with Gasteiger partial charge in [-0.2, -0.15) is 0 Å². The Balaban J connectivity index is 1.41. The fourth-order valence-electron chi connectivity index (χ4n) is 7.73. The Morgan fingerprint density at radius 2 is 0.855 bits per heavy atom. The fraction of sp³-hybridized carbons (Fsp3) is 0.941. The van der Waals surface area contributed by atoms with Crippen molar-refractivity contribution in [3.05, 3.63) is 0 Å². The van der Waals surface area contributed by atoms with Crippen LogP contribution in [0.5, 0.6) is 0 Å². The van der Waals surface area contributed by atoms with Crippen molar-refractivity contribution in [1.82, 2.24) is 10.6 Å². The minimum atomic E-state index is -2.14. The summed E-state index contributed by atoms with van der Waals surface area (Å²) in [5.74, 6) is -1.53. The van der Waals surface area contributed by atoms with Gasteiger partial charge in [0.15, 0.2) is 31.5 Å². The van der Waals surface area contributed by atoms with Gasteiger partial charge in [-0.15, -0.1) is 0 Å². The maximum atomic E-state index is 12.4. The van der Waals surface area contributed by atoms with Gasteiger partial charge in [-0.05, 0) is 0 Å². The topological polar surface area (TPSA) is 445 Å². The molecule has 17 N–H and O–H groups in total. The molecule has 5 fully saturated rings. The Hall–Kier alpha value is -2.02. The van der Waals surface area contributed by atoms with Gasteiger partial charge in [-0.1, -0.05) is 0 Å². The van der Waals surface area contributed by atoms with Gasteiger partial charge in [0, 0.05) is 13.8 Å². The van der Waals surface area contributed by atoms with Crippen LogP contribution in [0.1, 0.15) is 13.8 Å². The summed E-state index contributed by atoms with van der Waals surface area (Å²) in [7, 11) is 0. The number of nitrogens with one attached hydrogen (secondary N) is 2. The second kappa shape index (κ2) is 22.0. The molecular weight excluding hydrogens is 852 g/mol. The Kier molecular flexibility index (Phi) is 18.1. The van der Waals surface area contributed by atoms with Crippen LogP contribution < -0.4 is 10.6 Å². The summed E-state index contributed by atoms with van der Waals surface area (Å²) >= 11 is 0. The van der Waals surface area contributed by atoms with Gasteiger partial charge in [0.05, 0.1) is 33.0 Å². The van der Waals surface area contributed by atoms with E-state index in [2.05, 4.69) is 10.6 Å². The number of amides is 2. The molecule has 0 aliphatic carbocycles. The molecule has 28 nitrogen and oxygen atoms in total. The molecule has 25 atom stereocenters. The standard InChI is InChI=1S/C34H58N2O26/c1-8(41)35-15-20(46)17(43)10(3-37)56-32(15)62-29-19(45)14(59-34(26(29)52)61-28-12(5-39)55-30(53)24(50)23(28)49)7-54-31-16(36-9(2)42)21(47)27(13(6-40)58-31)60-33-25(51)22(48)18(44)11(4-38)57-33/h10-34,37-40,43-53H,3-7H2,1-2H3,(H,35,41)(H,36,42)/t10-,11-,12-,13-,14-,15-,16-,17-,18+,19+,20-,21-,22+,23-,24-,25-,26-,27-,28-,29+,30?,31-,32+,33+,34+/m1/s1. The molecule has 0 aromatic heterocycles. The number of hydrogen-bond acceptors (Lipinski definition) is 26. The predicted molar refractivity (Wildman–Crippen MR) is 190 cm³/mol. The number of hydrogen-bond donors (Lipinski definition) is 17. The van der Waals surface area contributed by atoms with Crippen LogP contribution in [-0.4, -0.2) is 275 Å². The van der Waals surface area contributed by atoms with E-state index in [1.54, 1.807) is 0 Å². The first-order valence-corrected chi connectivity index (χ1v) is 19.6. The van der Waals surface area contributed by atoms with E-state index in [9.17, 15) is 86.2 Å². The van der Waals surface area contributed by atoms with Crippen molar-refractivity contribution in [3.63, 3.8) is 0 Å². The third kappa shape index (κ3) is 11.0. The summed E-state index contributed by atoms with van der Waals surface area (Å²) in [6.45, 7) is -2.32. The molecule has 0 spiro atoms. The Morgan fingerprint density at radius 1 is 0.419 bits per heavy atom. The molecule has 0 aromatic carbocycles. The van der Waals surface area contributed by atoms with E-state index in [-0.39, 0.29) is 0 Å². The summed E-state index contributed by atoms with van der Waals surface area (Å²) in [6, 6.07) is -3.21. The van der Waals surface area contributed by atoms with Crippen molar-refractivity contribution in [1.29, 1.82) is 0 Å². The van der Waals surface area contributed by atoms with Crippen LogP contribution in [0.15, 0.2) is 0 Å². The molecular formula is C34H58N2O26. The van der Waals surface area contributed by atoms with Crippen LogP contribution in [0.25, 0.3) is 0 Å². The second-order valence-corrected chi connectivity index (χ2v) is 15.5. The van der Waals surface area contributed by atoms with E-state index in [1.807, 2.05) is 0 Å². The molecule has 0 saturated carbocycles. The van der Waals surface area contributed by atoms with Crippen LogP contribution in [0.4, 0.5) is 0 Å². The third-order valence-electron chi connectivity index (χ3n) is 11.1. The van der Waals surface area contributed by atoms with Gasteiger partial charge >= 0.3 is 0 Å². The summed E-state index contributed by atoms with van der Waals surface area (Å²) in [5, 5.41) is 162. The lowest BCUT2D eigenvalue weighted by Crippen LogP contribution is -2.69. The molecule has 2 amide bonds. The maximum absolute atomic E-state index is 12.4. The third-order valence-corrected chi connectivity index (χ3v) is 11.1. The fourth-order valence-corrected chi connectivity index (χ4v) is 7.73. The molecule has 5 rings (SSSR count). The van der Waals surface area contributed by atoms with E-state index >= 15 is 0 Å². The highest BCUT2D eigenvalue weighted by atomic mass is 16.8. The molecule has 0 aromatic rings. The van der Waals surface area contributed by atoms with Crippen molar-refractivity contribution in [2.24, 2.45) is 0 Å². The van der Waals surface area contributed by atoms with Crippen molar-refractivity contribution >= 4 is 11.8 Å². The van der Waals surface area contributed by atoms with Crippen molar-refractivity contribution < 1.29 is 129 Å². The average Bonchev–Trinajstić information content (AvgIpc) is 3.23. The minimum Gasteiger partial charge on any atom is -0.394 e. The van der Waals surface area contributed by atoms with Crippen molar-refractivity contribution in [2.45, 2.75) is 167 Å². The number of carbonyl (C=O) groups excluding carboxylic acids is 2. The van der Waals surface area contributed by atoms with Gasteiger partial charge in [-0.3, -0.25) is 9.59 Å². The lowest BCUT2D eigenvalue weighted by Gasteiger charge is -2.49. The van der Waals surface area contributed by atoms with Crippen LogP contribution >= 0.6 is 0 Å². The number of rotatable bonds is 15. The SMILES string of the molecule is CC(=O)N[C@H]1[C@H](OC[C@H]2O[C@@H](O[C@H]3[C@H](O)[C@@H](O)C(O)O[C@@H]3CO)[C@H](O)[C@@H](O[C@@H]3O[C@H](CO)[C@@H](O)[C@H](O)[C@H]3NC(C)=O)[C@H]2O)O[C@H](CO)[C@@H](O[C@@H]2O[C@H](CO)[C@H](O)[C@H](O)[C@H]2O)[C@@H]1O. The van der Waals surface area contributed by atoms with Gasteiger partial charge in [0.25, 0.3) is 0 Å². The predicted octanol–water partition coefficient (Wildman–Crippen LogP) is -11.6. The highest BCUT2D eigenvalue weighted by molar-refractivity contribution is 5.73. The lowest BCUT2D eigenvalue weighted by molar-refractivity contribution is -0.378. The zero-order chi connectivity index (χ0) is 45.9. The van der Waals surface area contributed by atoms with Crippen molar-refractivity contribution in [3.8, 4) is 0 Å². The Morgan fingerprint density at radius 3 is 1.40 bits per heavy atom. The summed E-state index contributed by atoms with van der Waals surface area (Å²) < 4.78 is 50.9. The average molecular weight is 911 g/mol. The first kappa shape index (κ1) is 51.0. The van der Waals surface area contributed by atoms with E-state index in [0.717, 1.165) is 13.8 Å². The van der Waals surface area contributed by atoms with E-state index < -0.39 is 198 Å². The minimum absolute atomic E-state index is 0.756. The number of carbonyl (C=O) groups is 2. The molecule has 5 aliphatic rings. The smallest absolute Gasteiger partial charge is 0.217 e. The first-order valence-electron chi connectivity index (χ1n) is 19.6. The second-order valence-electron chi connectivity index (χ2n) is 15.5. The number of aliphatic hydroxyl groups excluding tert-OH is 15. The molecule has 5 heterocycles. The van der Waals surface area contributed by atoms with E-state index in [0.29, 0.717) is 0 Å². The molecule has 5 saturated heterocycles. The normalized spacial score (nSPS) is 49.0. The lowest BCUT2D eigenvalue weighted by atomic mass is 9.94. The van der Waals surface area contributed by atoms with Gasteiger partial charge < -0.3 is 130 Å². The van der Waals surface area contributed by atoms with E-state index in [1.165, 1.54) is 0 Å². The van der Waals surface area contributed by atoms with Crippen LogP contribution in [0.2, 0.25) is 0 Å². The quantitative estimate of drug-likeness (QED) is 0.0725. The molecule has 0 bridgehead atoms. The first-order chi connectivity index (χ1) is 29.3. The van der Waals surface area contributed by atoms with Crippen LogP contribution in [-0.2, 0) is 52.2 Å². The summed E-state index contributed by atoms with van der Waals surface area (Å²) in [4.78, 5) is 24.4. The monoisotopic (exact) mass is 910 g/mol. The molecule has 360 valence electrons. The highest BCUT2D eigenvalue weighted by Gasteiger charge is 2.56. The summed E-state index contributed by atoms with van der Waals surface area (Å²) in [5.41, 5.74) is 0. The van der Waals surface area contributed by atoms with Gasteiger partial charge in [0.1, 0.15) is 122 Å².